The van der Waals surface area contributed by atoms with E-state index in [-0.39, 0.29) is 28.3 Å². The van der Waals surface area contributed by atoms with Gasteiger partial charge < -0.3 is 5.32 Å². The molecule has 8 nitrogen and oxygen atoms in total. The van der Waals surface area contributed by atoms with Crippen LogP contribution in [-0.2, 0) is 26.6 Å². The summed E-state index contributed by atoms with van der Waals surface area (Å²) in [6.45, 7) is 0.825. The first-order valence-electron chi connectivity index (χ1n) is 12.3. The molecule has 11 heteroatoms. The van der Waals surface area contributed by atoms with Crippen molar-refractivity contribution < 1.29 is 26.0 Å². The Labute approximate surface area is 223 Å². The minimum Gasteiger partial charge on any atom is -0.322 e. The molecule has 1 N–H and O–H groups in total. The van der Waals surface area contributed by atoms with Crippen LogP contribution in [0.5, 0.6) is 0 Å². The highest BCUT2D eigenvalue weighted by Gasteiger charge is 2.25. The number of sulfonamides is 2. The first-order valence-corrected chi connectivity index (χ1v) is 15.6. The molecule has 0 bridgehead atoms. The van der Waals surface area contributed by atoms with E-state index in [1.54, 1.807) is 6.07 Å². The molecule has 0 aromatic heterocycles. The van der Waals surface area contributed by atoms with Crippen LogP contribution in [0.4, 0.5) is 15.8 Å². The maximum atomic E-state index is 14.1. The Hall–Kier alpha value is -3.28. The quantitative estimate of drug-likeness (QED) is 0.434. The van der Waals surface area contributed by atoms with Gasteiger partial charge in [-0.25, -0.2) is 21.2 Å². The summed E-state index contributed by atoms with van der Waals surface area (Å²) in [7, 11) is -7.32. The number of rotatable bonds is 8. The van der Waals surface area contributed by atoms with E-state index in [9.17, 15) is 26.0 Å². The molecule has 0 radical (unpaired) electrons. The molecular formula is C27H30FN3O5S2. The van der Waals surface area contributed by atoms with Crippen LogP contribution in [0, 0.1) is 5.82 Å². The fourth-order valence-electron chi connectivity index (χ4n) is 4.31. The zero-order chi connectivity index (χ0) is 27.3. The molecular weight excluding hydrogens is 529 g/mol. The van der Waals surface area contributed by atoms with Crippen LogP contribution in [0.15, 0.2) is 77.7 Å². The molecule has 1 aliphatic rings. The number of halogens is 1. The molecule has 1 amide bonds. The van der Waals surface area contributed by atoms with Crippen LogP contribution >= 0.6 is 0 Å². The summed E-state index contributed by atoms with van der Waals surface area (Å²) in [6.07, 6.45) is 4.77. The second-order valence-corrected chi connectivity index (χ2v) is 13.0. The van der Waals surface area contributed by atoms with E-state index in [0.29, 0.717) is 18.8 Å². The number of carbonyl (C=O) groups is 1. The SMILES string of the molecule is CS(=O)(=O)N(Cc1ccccc1F)c1ccc(C(=O)Nc2ccc(S(=O)(=O)N3CCCCCC3)cc2)cc1. The van der Waals surface area contributed by atoms with Crippen molar-refractivity contribution in [2.24, 2.45) is 0 Å². The summed E-state index contributed by atoms with van der Waals surface area (Å²) in [6, 6.07) is 17.9. The molecule has 0 aliphatic carbocycles. The Morgan fingerprint density at radius 2 is 1.47 bits per heavy atom. The van der Waals surface area contributed by atoms with Crippen molar-refractivity contribution in [1.82, 2.24) is 4.31 Å². The lowest BCUT2D eigenvalue weighted by atomic mass is 10.1. The third kappa shape index (κ3) is 6.58. The Kier molecular flexibility index (Phi) is 8.49. The number of carbonyl (C=O) groups excluding carboxylic acids is 1. The maximum absolute atomic E-state index is 14.1. The molecule has 0 spiro atoms. The minimum atomic E-state index is -3.73. The van der Waals surface area contributed by atoms with Crippen LogP contribution < -0.4 is 9.62 Å². The Morgan fingerprint density at radius 1 is 0.868 bits per heavy atom. The van der Waals surface area contributed by atoms with Crippen molar-refractivity contribution in [3.8, 4) is 0 Å². The lowest BCUT2D eigenvalue weighted by molar-refractivity contribution is 0.102. The molecule has 202 valence electrons. The zero-order valence-corrected chi connectivity index (χ0v) is 22.6. The van der Waals surface area contributed by atoms with Crippen molar-refractivity contribution in [2.75, 3.05) is 29.0 Å². The molecule has 3 aromatic rings. The van der Waals surface area contributed by atoms with Gasteiger partial charge in [0.2, 0.25) is 20.0 Å². The van der Waals surface area contributed by atoms with Crippen LogP contribution in [-0.4, -0.2) is 46.4 Å². The summed E-state index contributed by atoms with van der Waals surface area (Å²) in [5.74, 6) is -0.956. The smallest absolute Gasteiger partial charge is 0.255 e. The Balaban J connectivity index is 1.45. The normalized spacial score (nSPS) is 15.0. The van der Waals surface area contributed by atoms with Crippen LogP contribution in [0.2, 0.25) is 0 Å². The first kappa shape index (κ1) is 27.7. The molecule has 4 rings (SSSR count). The molecule has 1 aliphatic heterocycles. The molecule has 0 saturated carbocycles. The van der Waals surface area contributed by atoms with E-state index < -0.39 is 31.8 Å². The van der Waals surface area contributed by atoms with Crippen LogP contribution in [0.3, 0.4) is 0 Å². The minimum absolute atomic E-state index is 0.178. The number of benzene rings is 3. The summed E-state index contributed by atoms with van der Waals surface area (Å²) in [5, 5.41) is 2.72. The summed E-state index contributed by atoms with van der Waals surface area (Å²) in [4.78, 5) is 13.0. The van der Waals surface area contributed by atoms with E-state index >= 15 is 0 Å². The third-order valence-electron chi connectivity index (χ3n) is 6.40. The number of nitrogens with one attached hydrogen (secondary N) is 1. The highest BCUT2D eigenvalue weighted by atomic mass is 32.2. The average molecular weight is 560 g/mol. The maximum Gasteiger partial charge on any atom is 0.255 e. The second-order valence-electron chi connectivity index (χ2n) is 9.20. The first-order chi connectivity index (χ1) is 18.1. The monoisotopic (exact) mass is 559 g/mol. The molecule has 0 unspecified atom stereocenters. The summed E-state index contributed by atoms with van der Waals surface area (Å²) >= 11 is 0. The molecule has 1 saturated heterocycles. The number of amides is 1. The molecule has 1 heterocycles. The van der Waals surface area contributed by atoms with E-state index in [0.717, 1.165) is 36.2 Å². The second kappa shape index (κ2) is 11.6. The fourth-order valence-corrected chi connectivity index (χ4v) is 6.70. The van der Waals surface area contributed by atoms with Gasteiger partial charge in [-0.3, -0.25) is 9.10 Å². The van der Waals surface area contributed by atoms with Gasteiger partial charge in [-0.1, -0.05) is 31.0 Å². The average Bonchev–Trinajstić information content (AvgIpc) is 3.18. The van der Waals surface area contributed by atoms with Gasteiger partial charge in [0.05, 0.1) is 23.4 Å². The number of anilines is 2. The van der Waals surface area contributed by atoms with E-state index in [2.05, 4.69) is 5.32 Å². The Morgan fingerprint density at radius 3 is 2.05 bits per heavy atom. The molecule has 38 heavy (non-hydrogen) atoms. The lowest BCUT2D eigenvalue weighted by Crippen LogP contribution is -2.31. The molecule has 1 fully saturated rings. The van der Waals surface area contributed by atoms with E-state index in [4.69, 9.17) is 0 Å². The van der Waals surface area contributed by atoms with Gasteiger partial charge in [0.25, 0.3) is 5.91 Å². The van der Waals surface area contributed by atoms with Crippen LogP contribution in [0.1, 0.15) is 41.6 Å². The zero-order valence-electron chi connectivity index (χ0n) is 21.0. The number of hydrogen-bond donors (Lipinski definition) is 1. The predicted octanol–water partition coefficient (Wildman–Crippen LogP) is 4.61. The van der Waals surface area contributed by atoms with Crippen molar-refractivity contribution in [1.29, 1.82) is 0 Å². The van der Waals surface area contributed by atoms with Crippen molar-refractivity contribution >= 4 is 37.3 Å². The van der Waals surface area contributed by atoms with Crippen molar-refractivity contribution in [3.63, 3.8) is 0 Å². The van der Waals surface area contributed by atoms with Gasteiger partial charge >= 0.3 is 0 Å². The van der Waals surface area contributed by atoms with E-state index in [1.807, 2.05) is 0 Å². The van der Waals surface area contributed by atoms with Gasteiger partial charge in [-0.2, -0.15) is 4.31 Å². The Bertz CT molecular complexity index is 1480. The van der Waals surface area contributed by atoms with E-state index in [1.165, 1.54) is 71.0 Å². The standard InChI is InChI=1S/C27H30FN3O5S2/c1-37(33,34)31(20-22-8-4-5-9-26(22)28)24-14-10-21(11-15-24)27(32)29-23-12-16-25(17-13-23)38(35,36)30-18-6-2-3-7-19-30/h4-5,8-17H,2-3,6-7,18-20H2,1H3,(H,29,32). The van der Waals surface area contributed by atoms with Gasteiger partial charge in [-0.15, -0.1) is 0 Å². The number of hydrogen-bond acceptors (Lipinski definition) is 5. The largest absolute Gasteiger partial charge is 0.322 e. The highest BCUT2D eigenvalue weighted by molar-refractivity contribution is 7.92. The lowest BCUT2D eigenvalue weighted by Gasteiger charge is -2.23. The topological polar surface area (TPSA) is 104 Å². The van der Waals surface area contributed by atoms with Gasteiger partial charge in [-0.05, 0) is 67.4 Å². The summed E-state index contributed by atoms with van der Waals surface area (Å²) < 4.78 is 67.4. The fraction of sp³-hybridized carbons (Fsp3) is 0.296. The van der Waals surface area contributed by atoms with Gasteiger partial charge in [0.1, 0.15) is 5.82 Å². The van der Waals surface area contributed by atoms with Gasteiger partial charge in [0.15, 0.2) is 0 Å². The number of nitrogens with zero attached hydrogens (tertiary/aromatic N) is 2. The molecule has 0 atom stereocenters. The molecule has 3 aromatic carbocycles. The van der Waals surface area contributed by atoms with Crippen molar-refractivity contribution in [2.45, 2.75) is 37.1 Å². The summed E-state index contributed by atoms with van der Waals surface area (Å²) in [5.41, 5.74) is 1.21. The van der Waals surface area contributed by atoms with Crippen LogP contribution in [0.25, 0.3) is 0 Å². The van der Waals surface area contributed by atoms with Crippen molar-refractivity contribution in [3.05, 3.63) is 89.7 Å². The van der Waals surface area contributed by atoms with Gasteiger partial charge in [0, 0.05) is 29.9 Å². The predicted molar refractivity (Wildman–Crippen MR) is 145 cm³/mol. The third-order valence-corrected chi connectivity index (χ3v) is 9.46. The highest BCUT2D eigenvalue weighted by Crippen LogP contribution is 2.24.